The van der Waals surface area contributed by atoms with Crippen molar-refractivity contribution in [1.82, 2.24) is 0 Å². The number of nitro benzene ring substituents is 2. The third kappa shape index (κ3) is 8.85. The van der Waals surface area contributed by atoms with Crippen LogP contribution in [0.5, 0.6) is 23.0 Å². The molecule has 0 heterocycles. The van der Waals surface area contributed by atoms with Gasteiger partial charge in [0.2, 0.25) is 0 Å². The number of azo groups is 2. The van der Waals surface area contributed by atoms with Crippen LogP contribution in [0.15, 0.2) is 93.3 Å². The summed E-state index contributed by atoms with van der Waals surface area (Å²) in [6, 6.07) is 16.7. The van der Waals surface area contributed by atoms with Gasteiger partial charge < -0.3 is 30.2 Å². The molecule has 0 aliphatic rings. The van der Waals surface area contributed by atoms with Crippen LogP contribution in [0.1, 0.15) is 13.8 Å². The molecule has 16 heteroatoms. The summed E-state index contributed by atoms with van der Waals surface area (Å²) in [7, 11) is 3.66. The normalized spacial score (nSPS) is 10.9. The average molecular weight is 633 g/mol. The minimum absolute atomic E-state index is 0.0450. The standard InChI is InChI=1S/C16H18N4O4.C14H14N4O4/c1-3-19(4-2)11-5-7-13(16(22)10-11)17-18-14-9-12(20(23)24)6-8-15(14)21;1-17(2)9-3-5-11(14(20)8-9)15-16-12-7-10(18(21)22)4-6-13(12)19/h5-10,21-22H,3-4H2,1-2H3;3-8,19-20H,1-2H3. The number of phenolic OH excluding ortho intramolecular Hbond substituents is 4. The monoisotopic (exact) mass is 632 g/mol. The lowest BCUT2D eigenvalue weighted by Gasteiger charge is -2.21. The lowest BCUT2D eigenvalue weighted by Crippen LogP contribution is -2.21. The van der Waals surface area contributed by atoms with Crippen molar-refractivity contribution in [2.24, 2.45) is 20.5 Å². The minimum atomic E-state index is -0.595. The highest BCUT2D eigenvalue weighted by molar-refractivity contribution is 5.63. The maximum Gasteiger partial charge on any atom is 0.271 e. The Labute approximate surface area is 263 Å². The molecule has 4 aromatic carbocycles. The van der Waals surface area contributed by atoms with Crippen molar-refractivity contribution < 1.29 is 30.3 Å². The van der Waals surface area contributed by atoms with E-state index in [9.17, 15) is 40.7 Å². The zero-order valence-electron chi connectivity index (χ0n) is 25.3. The van der Waals surface area contributed by atoms with Gasteiger partial charge in [-0.25, -0.2) is 0 Å². The molecule has 0 amide bonds. The Morgan fingerprint density at radius 2 is 0.957 bits per heavy atom. The van der Waals surface area contributed by atoms with Crippen LogP contribution in [-0.4, -0.2) is 57.5 Å². The van der Waals surface area contributed by atoms with E-state index in [4.69, 9.17) is 0 Å². The van der Waals surface area contributed by atoms with Crippen molar-refractivity contribution in [2.45, 2.75) is 13.8 Å². The molecule has 16 nitrogen and oxygen atoms in total. The van der Waals surface area contributed by atoms with Crippen LogP contribution in [0.25, 0.3) is 0 Å². The van der Waals surface area contributed by atoms with Crippen LogP contribution in [-0.2, 0) is 0 Å². The minimum Gasteiger partial charge on any atom is -0.506 e. The number of benzene rings is 4. The molecule has 0 atom stereocenters. The molecule has 0 saturated carbocycles. The summed E-state index contributed by atoms with van der Waals surface area (Å²) in [6.45, 7) is 5.63. The number of aromatic hydroxyl groups is 4. The molecule has 240 valence electrons. The zero-order valence-corrected chi connectivity index (χ0v) is 25.3. The Kier molecular flexibility index (Phi) is 11.5. The van der Waals surface area contributed by atoms with E-state index in [1.807, 2.05) is 32.8 Å². The summed E-state index contributed by atoms with van der Waals surface area (Å²) >= 11 is 0. The molecule has 0 bridgehead atoms. The molecule has 0 unspecified atom stereocenters. The molecule has 0 fully saturated rings. The molecule has 0 aromatic heterocycles. The average Bonchev–Trinajstić information content (AvgIpc) is 3.02. The first-order valence-corrected chi connectivity index (χ1v) is 13.7. The van der Waals surface area contributed by atoms with Gasteiger partial charge in [0.25, 0.3) is 11.4 Å². The number of nitrogens with zero attached hydrogens (tertiary/aromatic N) is 8. The smallest absolute Gasteiger partial charge is 0.271 e. The van der Waals surface area contributed by atoms with E-state index in [2.05, 4.69) is 25.4 Å². The van der Waals surface area contributed by atoms with E-state index < -0.39 is 9.85 Å². The SMILES string of the molecule is CCN(CC)c1ccc(N=Nc2cc([N+](=O)[O-])ccc2O)c(O)c1.CN(C)c1ccc(N=Nc2cc([N+](=O)[O-])ccc2O)c(O)c1. The molecule has 4 rings (SSSR count). The first-order chi connectivity index (χ1) is 21.8. The first kappa shape index (κ1) is 34.2. The molecule has 0 spiro atoms. The van der Waals surface area contributed by atoms with Crippen LogP contribution in [0.4, 0.5) is 45.5 Å². The van der Waals surface area contributed by atoms with Crippen LogP contribution in [0, 0.1) is 20.2 Å². The Morgan fingerprint density at radius 1 is 0.565 bits per heavy atom. The van der Waals surface area contributed by atoms with Crippen molar-refractivity contribution >= 4 is 45.5 Å². The largest absolute Gasteiger partial charge is 0.506 e. The summed E-state index contributed by atoms with van der Waals surface area (Å²) in [6.07, 6.45) is 0. The maximum atomic E-state index is 10.8. The summed E-state index contributed by atoms with van der Waals surface area (Å²) in [5, 5.41) is 76.0. The fraction of sp³-hybridized carbons (Fsp3) is 0.200. The third-order valence-corrected chi connectivity index (χ3v) is 6.43. The van der Waals surface area contributed by atoms with Crippen LogP contribution < -0.4 is 9.80 Å². The van der Waals surface area contributed by atoms with E-state index in [1.54, 1.807) is 30.3 Å². The Hall–Kier alpha value is -6.32. The summed E-state index contributed by atoms with van der Waals surface area (Å²) in [4.78, 5) is 24.2. The van der Waals surface area contributed by atoms with E-state index in [0.29, 0.717) is 0 Å². The second kappa shape index (κ2) is 15.4. The first-order valence-electron chi connectivity index (χ1n) is 13.7. The molecular formula is C30H32N8O8. The molecule has 0 saturated heterocycles. The number of anilines is 2. The van der Waals surface area contributed by atoms with E-state index in [1.165, 1.54) is 24.3 Å². The number of phenols is 4. The van der Waals surface area contributed by atoms with E-state index in [-0.39, 0.29) is 57.1 Å². The van der Waals surface area contributed by atoms with Crippen molar-refractivity contribution in [3.63, 3.8) is 0 Å². The van der Waals surface area contributed by atoms with Crippen molar-refractivity contribution in [3.8, 4) is 23.0 Å². The molecular weight excluding hydrogens is 600 g/mol. The molecule has 0 aliphatic heterocycles. The summed E-state index contributed by atoms with van der Waals surface area (Å²) < 4.78 is 0. The van der Waals surface area contributed by atoms with Gasteiger partial charge in [-0.1, -0.05) is 0 Å². The fourth-order valence-electron chi connectivity index (χ4n) is 3.88. The second-order valence-corrected chi connectivity index (χ2v) is 9.67. The van der Waals surface area contributed by atoms with Gasteiger partial charge in [-0.05, 0) is 50.2 Å². The van der Waals surface area contributed by atoms with Crippen molar-refractivity contribution in [2.75, 3.05) is 37.0 Å². The van der Waals surface area contributed by atoms with E-state index in [0.717, 1.165) is 42.7 Å². The maximum absolute atomic E-state index is 10.8. The van der Waals surface area contributed by atoms with Crippen molar-refractivity contribution in [3.05, 3.63) is 93.0 Å². The van der Waals surface area contributed by atoms with Crippen LogP contribution in [0.2, 0.25) is 0 Å². The van der Waals surface area contributed by atoms with Gasteiger partial charge in [-0.15, -0.1) is 20.5 Å². The number of nitro groups is 2. The van der Waals surface area contributed by atoms with Crippen molar-refractivity contribution in [1.29, 1.82) is 0 Å². The van der Waals surface area contributed by atoms with Gasteiger partial charge in [0.1, 0.15) is 45.7 Å². The van der Waals surface area contributed by atoms with Crippen LogP contribution in [0.3, 0.4) is 0 Å². The van der Waals surface area contributed by atoms with Gasteiger partial charge in [0.15, 0.2) is 0 Å². The number of rotatable bonds is 10. The number of hydrogen-bond donors (Lipinski definition) is 4. The highest BCUT2D eigenvalue weighted by Gasteiger charge is 2.12. The molecule has 0 aliphatic carbocycles. The van der Waals surface area contributed by atoms with Gasteiger partial charge in [-0.2, -0.15) is 0 Å². The summed E-state index contributed by atoms with van der Waals surface area (Å²) in [5.74, 6) is -0.615. The Bertz CT molecular complexity index is 1770. The Balaban J connectivity index is 0.000000251. The van der Waals surface area contributed by atoms with Gasteiger partial charge >= 0.3 is 0 Å². The van der Waals surface area contributed by atoms with E-state index >= 15 is 0 Å². The molecule has 0 radical (unpaired) electrons. The highest BCUT2D eigenvalue weighted by Crippen LogP contribution is 2.37. The van der Waals surface area contributed by atoms with Gasteiger partial charge in [-0.3, -0.25) is 20.2 Å². The molecule has 4 aromatic rings. The molecule has 4 N–H and O–H groups in total. The number of hydrogen-bond acceptors (Lipinski definition) is 14. The second-order valence-electron chi connectivity index (χ2n) is 9.67. The number of non-ortho nitro benzene ring substituents is 2. The predicted molar refractivity (Wildman–Crippen MR) is 172 cm³/mol. The third-order valence-electron chi connectivity index (χ3n) is 6.43. The molecule has 46 heavy (non-hydrogen) atoms. The lowest BCUT2D eigenvalue weighted by atomic mass is 10.2. The Morgan fingerprint density at radius 3 is 1.33 bits per heavy atom. The topological polar surface area (TPSA) is 223 Å². The predicted octanol–water partition coefficient (Wildman–Crippen LogP) is 7.76. The quantitative estimate of drug-likeness (QED) is 0.0755. The van der Waals surface area contributed by atoms with Gasteiger partial charge in [0, 0.05) is 75.0 Å². The lowest BCUT2D eigenvalue weighted by molar-refractivity contribution is -0.385. The highest BCUT2D eigenvalue weighted by atomic mass is 16.6. The zero-order chi connectivity index (χ0) is 34.0. The van der Waals surface area contributed by atoms with Gasteiger partial charge in [0.05, 0.1) is 9.85 Å². The fourth-order valence-corrected chi connectivity index (χ4v) is 3.88. The van der Waals surface area contributed by atoms with Crippen LogP contribution >= 0.6 is 0 Å². The summed E-state index contributed by atoms with van der Waals surface area (Å²) in [5.41, 5.74) is 1.53.